The minimum absolute atomic E-state index is 0.549. The molecule has 0 aliphatic carbocycles. The Morgan fingerprint density at radius 2 is 1.83 bits per heavy atom. The maximum Gasteiger partial charge on any atom is 0.191 e. The molecule has 1 heterocycles. The number of aliphatic imine (C=N–C) groups is 1. The molecule has 0 amide bonds. The largest absolute Gasteiger partial charge is 0.357 e. The Morgan fingerprint density at radius 3 is 2.33 bits per heavy atom. The number of hydrogen-bond acceptors (Lipinski definition) is 4. The Kier molecular flexibility index (Phi) is 9.29. The second-order valence-electron chi connectivity index (χ2n) is 6.60. The van der Waals surface area contributed by atoms with Crippen LogP contribution in [0.15, 0.2) is 4.99 Å². The molecular formula is C18H35N5S. The van der Waals surface area contributed by atoms with Crippen LogP contribution in [0.5, 0.6) is 0 Å². The minimum Gasteiger partial charge on any atom is -0.357 e. The zero-order valence-electron chi connectivity index (χ0n) is 16.4. The van der Waals surface area contributed by atoms with Gasteiger partial charge in [-0.25, -0.2) is 4.98 Å². The Balaban J connectivity index is 2.48. The highest BCUT2D eigenvalue weighted by atomic mass is 32.1. The van der Waals surface area contributed by atoms with Crippen molar-refractivity contribution in [2.24, 2.45) is 4.99 Å². The number of hydrogen-bond donors (Lipinski definition) is 2. The van der Waals surface area contributed by atoms with Gasteiger partial charge >= 0.3 is 0 Å². The van der Waals surface area contributed by atoms with Gasteiger partial charge in [0.2, 0.25) is 0 Å². The molecule has 0 saturated carbocycles. The van der Waals surface area contributed by atoms with Gasteiger partial charge in [0.15, 0.2) is 5.96 Å². The first kappa shape index (κ1) is 20.9. The standard InChI is InChI=1S/C18H35N5S/c1-8-19-18(21-11-12-23(13(2)3)14(4)5)20-10-9-17-15(6)22-16(7)24-17/h13-14H,8-12H2,1-7H3,(H2,19,20,21). The predicted molar refractivity (Wildman–Crippen MR) is 106 cm³/mol. The molecule has 6 heteroatoms. The molecule has 0 aliphatic rings. The first-order chi connectivity index (χ1) is 11.3. The van der Waals surface area contributed by atoms with Crippen molar-refractivity contribution < 1.29 is 0 Å². The van der Waals surface area contributed by atoms with Crippen LogP contribution >= 0.6 is 11.3 Å². The van der Waals surface area contributed by atoms with E-state index in [0.29, 0.717) is 12.1 Å². The Morgan fingerprint density at radius 1 is 1.17 bits per heavy atom. The quantitative estimate of drug-likeness (QED) is 0.529. The van der Waals surface area contributed by atoms with Crippen LogP contribution < -0.4 is 10.6 Å². The molecule has 1 aromatic rings. The number of nitrogens with zero attached hydrogens (tertiary/aromatic N) is 3. The molecule has 0 atom stereocenters. The third kappa shape index (κ3) is 7.18. The molecule has 5 nitrogen and oxygen atoms in total. The normalized spacial score (nSPS) is 12.5. The zero-order chi connectivity index (χ0) is 18.1. The van der Waals surface area contributed by atoms with Crippen LogP contribution in [0.4, 0.5) is 0 Å². The highest BCUT2D eigenvalue weighted by Gasteiger charge is 2.12. The van der Waals surface area contributed by atoms with Gasteiger partial charge in [-0.1, -0.05) is 0 Å². The average molecular weight is 354 g/mol. The van der Waals surface area contributed by atoms with Crippen molar-refractivity contribution in [2.45, 2.75) is 67.0 Å². The molecule has 138 valence electrons. The first-order valence-corrected chi connectivity index (χ1v) is 9.87. The fraction of sp³-hybridized carbons (Fsp3) is 0.778. The number of aryl methyl sites for hydroxylation is 2. The van der Waals surface area contributed by atoms with Crippen LogP contribution in [-0.4, -0.2) is 54.1 Å². The molecule has 1 aromatic heterocycles. The lowest BCUT2D eigenvalue weighted by molar-refractivity contribution is 0.181. The molecule has 0 aromatic carbocycles. The molecule has 0 radical (unpaired) electrons. The smallest absolute Gasteiger partial charge is 0.191 e. The van der Waals surface area contributed by atoms with E-state index in [1.54, 1.807) is 11.3 Å². The lowest BCUT2D eigenvalue weighted by atomic mass is 10.2. The molecule has 0 fully saturated rings. The van der Waals surface area contributed by atoms with E-state index in [1.807, 2.05) is 0 Å². The van der Waals surface area contributed by atoms with Gasteiger partial charge in [0.05, 0.1) is 17.2 Å². The summed E-state index contributed by atoms with van der Waals surface area (Å²) in [7, 11) is 0. The molecule has 0 bridgehead atoms. The van der Waals surface area contributed by atoms with E-state index in [4.69, 9.17) is 4.99 Å². The molecule has 24 heavy (non-hydrogen) atoms. The van der Waals surface area contributed by atoms with Crippen LogP contribution in [0.2, 0.25) is 0 Å². The maximum absolute atomic E-state index is 4.72. The van der Waals surface area contributed by atoms with Crippen molar-refractivity contribution in [3.8, 4) is 0 Å². The van der Waals surface area contributed by atoms with E-state index in [1.165, 1.54) is 4.88 Å². The van der Waals surface area contributed by atoms with E-state index in [2.05, 4.69) is 69.0 Å². The van der Waals surface area contributed by atoms with Gasteiger partial charge in [-0.3, -0.25) is 9.89 Å². The molecule has 0 saturated heterocycles. The van der Waals surface area contributed by atoms with Crippen molar-refractivity contribution in [3.05, 3.63) is 15.6 Å². The fourth-order valence-electron chi connectivity index (χ4n) is 2.83. The molecular weight excluding hydrogens is 318 g/mol. The summed E-state index contributed by atoms with van der Waals surface area (Å²) in [5.41, 5.74) is 1.16. The summed E-state index contributed by atoms with van der Waals surface area (Å²) < 4.78 is 0. The first-order valence-electron chi connectivity index (χ1n) is 9.06. The van der Waals surface area contributed by atoms with Gasteiger partial charge in [0.1, 0.15) is 0 Å². The second-order valence-corrected chi connectivity index (χ2v) is 7.89. The average Bonchev–Trinajstić information content (AvgIpc) is 2.80. The lowest BCUT2D eigenvalue weighted by Gasteiger charge is -2.29. The Hall–Kier alpha value is -1.14. The van der Waals surface area contributed by atoms with Gasteiger partial charge < -0.3 is 10.6 Å². The minimum atomic E-state index is 0.549. The summed E-state index contributed by atoms with van der Waals surface area (Å²) >= 11 is 1.79. The Labute approximate surface area is 152 Å². The molecule has 0 unspecified atom stereocenters. The van der Waals surface area contributed by atoms with Gasteiger partial charge in [0.25, 0.3) is 0 Å². The highest BCUT2D eigenvalue weighted by molar-refractivity contribution is 7.11. The van der Waals surface area contributed by atoms with E-state index >= 15 is 0 Å². The van der Waals surface area contributed by atoms with E-state index in [0.717, 1.165) is 49.3 Å². The fourth-order valence-corrected chi connectivity index (χ4v) is 3.77. The van der Waals surface area contributed by atoms with Gasteiger partial charge in [-0.05, 0) is 48.5 Å². The summed E-state index contributed by atoms with van der Waals surface area (Å²) in [6.07, 6.45) is 0.992. The molecule has 2 N–H and O–H groups in total. The number of thiazole rings is 1. The van der Waals surface area contributed by atoms with E-state index in [9.17, 15) is 0 Å². The van der Waals surface area contributed by atoms with Crippen molar-refractivity contribution in [1.82, 2.24) is 20.5 Å². The van der Waals surface area contributed by atoms with Crippen LogP contribution in [0, 0.1) is 13.8 Å². The lowest BCUT2D eigenvalue weighted by Crippen LogP contribution is -2.41. The molecule has 0 aliphatic heterocycles. The SMILES string of the molecule is CCNC(=NCCN(C(C)C)C(C)C)NCCc1sc(C)nc1C. The Bertz CT molecular complexity index is 500. The maximum atomic E-state index is 4.72. The summed E-state index contributed by atoms with van der Waals surface area (Å²) in [5.74, 6) is 0.906. The van der Waals surface area contributed by atoms with Crippen LogP contribution in [0.3, 0.4) is 0 Å². The third-order valence-corrected chi connectivity index (χ3v) is 5.08. The van der Waals surface area contributed by atoms with Crippen LogP contribution in [-0.2, 0) is 6.42 Å². The van der Waals surface area contributed by atoms with E-state index in [-0.39, 0.29) is 0 Å². The van der Waals surface area contributed by atoms with E-state index < -0.39 is 0 Å². The predicted octanol–water partition coefficient (Wildman–Crippen LogP) is 2.98. The van der Waals surface area contributed by atoms with Gasteiger partial charge in [-0.15, -0.1) is 11.3 Å². The molecule has 1 rings (SSSR count). The third-order valence-electron chi connectivity index (χ3n) is 3.94. The number of rotatable bonds is 9. The molecule has 0 spiro atoms. The van der Waals surface area contributed by atoms with Crippen molar-refractivity contribution in [2.75, 3.05) is 26.2 Å². The second kappa shape index (κ2) is 10.7. The van der Waals surface area contributed by atoms with Crippen LogP contribution in [0.1, 0.15) is 50.2 Å². The summed E-state index contributed by atoms with van der Waals surface area (Å²) in [5, 5.41) is 7.91. The van der Waals surface area contributed by atoms with Gasteiger partial charge in [0, 0.05) is 43.0 Å². The summed E-state index contributed by atoms with van der Waals surface area (Å²) in [6.45, 7) is 18.8. The summed E-state index contributed by atoms with van der Waals surface area (Å²) in [4.78, 5) is 13.0. The monoisotopic (exact) mass is 353 g/mol. The number of guanidine groups is 1. The van der Waals surface area contributed by atoms with Crippen molar-refractivity contribution in [3.63, 3.8) is 0 Å². The number of nitrogens with one attached hydrogen (secondary N) is 2. The van der Waals surface area contributed by atoms with Crippen molar-refractivity contribution >= 4 is 17.3 Å². The van der Waals surface area contributed by atoms with Crippen molar-refractivity contribution in [1.29, 1.82) is 0 Å². The topological polar surface area (TPSA) is 52.6 Å². The zero-order valence-corrected chi connectivity index (χ0v) is 17.3. The van der Waals surface area contributed by atoms with Crippen LogP contribution in [0.25, 0.3) is 0 Å². The number of aromatic nitrogens is 1. The van der Waals surface area contributed by atoms with Gasteiger partial charge in [-0.2, -0.15) is 0 Å². The highest BCUT2D eigenvalue weighted by Crippen LogP contribution is 2.16. The summed E-state index contributed by atoms with van der Waals surface area (Å²) in [6, 6.07) is 1.10.